The molecule has 2 N–H and O–H groups in total. The number of aromatic amines is 1. The second-order valence-corrected chi connectivity index (χ2v) is 8.37. The van der Waals surface area contributed by atoms with Gasteiger partial charge in [0.15, 0.2) is 0 Å². The van der Waals surface area contributed by atoms with E-state index in [0.717, 1.165) is 37.0 Å². The van der Waals surface area contributed by atoms with Crippen LogP contribution in [0.25, 0.3) is 0 Å². The summed E-state index contributed by atoms with van der Waals surface area (Å²) >= 11 is 0. The van der Waals surface area contributed by atoms with E-state index in [2.05, 4.69) is 40.1 Å². The number of rotatable bonds is 5. The highest BCUT2D eigenvalue weighted by Crippen LogP contribution is 2.30. The van der Waals surface area contributed by atoms with Crippen LogP contribution in [-0.4, -0.2) is 13.4 Å². The molecule has 1 aromatic heterocycles. The second-order valence-electron chi connectivity index (χ2n) is 6.66. The van der Waals surface area contributed by atoms with Gasteiger partial charge in [0.25, 0.3) is 0 Å². The Bertz CT molecular complexity index is 957. The molecular formula is C21H22N2O2S. The zero-order valence-electron chi connectivity index (χ0n) is 14.5. The Morgan fingerprint density at radius 1 is 1.00 bits per heavy atom. The molecule has 0 saturated heterocycles. The van der Waals surface area contributed by atoms with Crippen LogP contribution >= 0.6 is 0 Å². The highest BCUT2D eigenvalue weighted by Gasteiger charge is 2.26. The van der Waals surface area contributed by atoms with E-state index in [0.29, 0.717) is 0 Å². The Kier molecular flexibility index (Phi) is 4.66. The maximum atomic E-state index is 12.9. The molecule has 1 heterocycles. The maximum absolute atomic E-state index is 12.9. The first-order chi connectivity index (χ1) is 12.6. The van der Waals surface area contributed by atoms with E-state index in [1.54, 1.807) is 24.3 Å². The van der Waals surface area contributed by atoms with Crippen molar-refractivity contribution in [3.63, 3.8) is 0 Å². The van der Waals surface area contributed by atoms with Gasteiger partial charge in [-0.25, -0.2) is 8.42 Å². The van der Waals surface area contributed by atoms with E-state index in [-0.39, 0.29) is 4.90 Å². The van der Waals surface area contributed by atoms with E-state index in [1.165, 1.54) is 11.3 Å². The molecule has 2 aliphatic carbocycles. The van der Waals surface area contributed by atoms with Crippen LogP contribution in [0, 0.1) is 0 Å². The zero-order valence-corrected chi connectivity index (χ0v) is 15.3. The van der Waals surface area contributed by atoms with Crippen molar-refractivity contribution in [2.24, 2.45) is 0 Å². The lowest BCUT2D eigenvalue weighted by Crippen LogP contribution is -2.30. The fourth-order valence-corrected chi connectivity index (χ4v) is 4.70. The number of fused-ring (bicyclic) bond motifs is 1. The lowest BCUT2D eigenvalue weighted by molar-refractivity contribution is 0.569. The van der Waals surface area contributed by atoms with E-state index in [4.69, 9.17) is 0 Å². The van der Waals surface area contributed by atoms with Gasteiger partial charge >= 0.3 is 0 Å². The number of nitrogens with one attached hydrogen (secondary N) is 2. The number of hydrogen-bond donors (Lipinski definition) is 2. The predicted octanol–water partition coefficient (Wildman–Crippen LogP) is 3.97. The van der Waals surface area contributed by atoms with Gasteiger partial charge in [-0.3, -0.25) is 0 Å². The molecule has 1 unspecified atom stereocenters. The van der Waals surface area contributed by atoms with Gasteiger partial charge in [-0.15, -0.1) is 0 Å². The summed E-state index contributed by atoms with van der Waals surface area (Å²) in [6, 6.07) is 10.2. The molecule has 5 heteroatoms. The largest absolute Gasteiger partial charge is 0.360 e. The molecule has 0 aliphatic heterocycles. The SMILES string of the molecule is O=S(=O)(NC(C1=CCCC=C1)c1cc2c([nH]1)CC=CC2)c1ccccc1. The first kappa shape index (κ1) is 17.1. The van der Waals surface area contributed by atoms with Gasteiger partial charge in [-0.1, -0.05) is 48.6 Å². The van der Waals surface area contributed by atoms with Crippen LogP contribution in [0.3, 0.4) is 0 Å². The van der Waals surface area contributed by atoms with Crippen molar-refractivity contribution >= 4 is 10.0 Å². The quantitative estimate of drug-likeness (QED) is 0.787. The summed E-state index contributed by atoms with van der Waals surface area (Å²) in [5.41, 5.74) is 4.30. The Balaban J connectivity index is 1.71. The van der Waals surface area contributed by atoms with Crippen molar-refractivity contribution in [2.75, 3.05) is 0 Å². The lowest BCUT2D eigenvalue weighted by atomic mass is 9.98. The van der Waals surface area contributed by atoms with Gasteiger partial charge in [0, 0.05) is 17.8 Å². The fourth-order valence-electron chi connectivity index (χ4n) is 3.48. The molecule has 4 rings (SSSR count). The molecule has 0 radical (unpaired) electrons. The molecular weight excluding hydrogens is 344 g/mol. The normalized spacial score (nSPS) is 17.6. The van der Waals surface area contributed by atoms with Gasteiger partial charge in [0.1, 0.15) is 0 Å². The Labute approximate surface area is 154 Å². The van der Waals surface area contributed by atoms with Crippen LogP contribution in [0.15, 0.2) is 77.2 Å². The smallest absolute Gasteiger partial charge is 0.241 e. The lowest BCUT2D eigenvalue weighted by Gasteiger charge is -2.21. The third-order valence-electron chi connectivity index (χ3n) is 4.83. The predicted molar refractivity (Wildman–Crippen MR) is 103 cm³/mol. The van der Waals surface area contributed by atoms with Crippen molar-refractivity contribution in [3.8, 4) is 0 Å². The molecule has 2 aromatic rings. The van der Waals surface area contributed by atoms with Crippen molar-refractivity contribution in [1.29, 1.82) is 0 Å². The Hall–Kier alpha value is -2.37. The number of H-pyrrole nitrogens is 1. The van der Waals surface area contributed by atoms with Crippen LogP contribution in [0.1, 0.15) is 35.8 Å². The van der Waals surface area contributed by atoms with Crippen molar-refractivity contribution < 1.29 is 8.42 Å². The fraction of sp³-hybridized carbons (Fsp3) is 0.238. The van der Waals surface area contributed by atoms with Crippen LogP contribution in [0.5, 0.6) is 0 Å². The Morgan fingerprint density at radius 2 is 1.81 bits per heavy atom. The van der Waals surface area contributed by atoms with Crippen molar-refractivity contribution in [2.45, 2.75) is 36.6 Å². The number of sulfonamides is 1. The first-order valence-electron chi connectivity index (χ1n) is 8.93. The molecule has 4 nitrogen and oxygen atoms in total. The number of allylic oxidation sites excluding steroid dienone is 4. The highest BCUT2D eigenvalue weighted by atomic mass is 32.2. The number of aromatic nitrogens is 1. The summed E-state index contributed by atoms with van der Waals surface area (Å²) in [6.45, 7) is 0. The number of hydrogen-bond acceptors (Lipinski definition) is 2. The average molecular weight is 366 g/mol. The molecule has 0 saturated carbocycles. The van der Waals surface area contributed by atoms with E-state index >= 15 is 0 Å². The van der Waals surface area contributed by atoms with E-state index in [9.17, 15) is 8.42 Å². The minimum absolute atomic E-state index is 0.281. The molecule has 0 spiro atoms. The van der Waals surface area contributed by atoms with E-state index < -0.39 is 16.1 Å². The molecule has 2 aliphatic rings. The van der Waals surface area contributed by atoms with Gasteiger partial charge in [-0.2, -0.15) is 4.72 Å². The standard InChI is InChI=1S/C21H22N2O2S/c24-26(25,18-12-5-2-6-13-18)23-21(16-9-3-1-4-10-16)20-15-17-11-7-8-14-19(17)22-20/h2-3,5-10,12-13,15,21-23H,1,4,11,14H2. The van der Waals surface area contributed by atoms with Gasteiger partial charge < -0.3 is 4.98 Å². The molecule has 0 fully saturated rings. The molecule has 0 amide bonds. The van der Waals surface area contributed by atoms with Gasteiger partial charge in [-0.05, 0) is 48.6 Å². The van der Waals surface area contributed by atoms with Crippen LogP contribution in [0.4, 0.5) is 0 Å². The summed E-state index contributed by atoms with van der Waals surface area (Å²) < 4.78 is 28.7. The average Bonchev–Trinajstić information content (AvgIpc) is 3.11. The van der Waals surface area contributed by atoms with Crippen molar-refractivity contribution in [1.82, 2.24) is 9.71 Å². The molecule has 0 bridgehead atoms. The molecule has 134 valence electrons. The monoisotopic (exact) mass is 366 g/mol. The van der Waals surface area contributed by atoms with Crippen LogP contribution in [-0.2, 0) is 22.9 Å². The molecule has 1 atom stereocenters. The summed E-state index contributed by atoms with van der Waals surface area (Å²) in [5, 5.41) is 0. The van der Waals surface area contributed by atoms with E-state index in [1.807, 2.05) is 12.1 Å². The Morgan fingerprint density at radius 3 is 2.54 bits per heavy atom. The van der Waals surface area contributed by atoms with Crippen LogP contribution < -0.4 is 4.72 Å². The molecule has 26 heavy (non-hydrogen) atoms. The van der Waals surface area contributed by atoms with Crippen molar-refractivity contribution in [3.05, 3.63) is 89.3 Å². The third-order valence-corrected chi connectivity index (χ3v) is 6.27. The van der Waals surface area contributed by atoms with Crippen LogP contribution in [0.2, 0.25) is 0 Å². The minimum Gasteiger partial charge on any atom is -0.360 e. The zero-order chi connectivity index (χ0) is 18.0. The first-order valence-corrected chi connectivity index (χ1v) is 10.4. The number of benzene rings is 1. The third kappa shape index (κ3) is 3.45. The summed E-state index contributed by atoms with van der Waals surface area (Å²) in [4.78, 5) is 3.73. The second kappa shape index (κ2) is 7.09. The summed E-state index contributed by atoms with van der Waals surface area (Å²) in [5.74, 6) is 0. The summed E-state index contributed by atoms with van der Waals surface area (Å²) in [6.07, 6.45) is 14.2. The minimum atomic E-state index is -3.62. The molecule has 1 aromatic carbocycles. The highest BCUT2D eigenvalue weighted by molar-refractivity contribution is 7.89. The maximum Gasteiger partial charge on any atom is 0.241 e. The van der Waals surface area contributed by atoms with Gasteiger partial charge in [0.05, 0.1) is 10.9 Å². The van der Waals surface area contributed by atoms with Gasteiger partial charge in [0.2, 0.25) is 10.0 Å². The topological polar surface area (TPSA) is 62.0 Å². The summed E-state index contributed by atoms with van der Waals surface area (Å²) in [7, 11) is -3.62.